The number of anilines is 1. The maximum Gasteiger partial charge on any atom is 0.319 e. The molecule has 0 aliphatic heterocycles. The number of nitrogens with one attached hydrogen (secondary N) is 3. The third kappa shape index (κ3) is 5.10. The number of urea groups is 1. The molecule has 0 bridgehead atoms. The lowest BCUT2D eigenvalue weighted by atomic mass is 10.2. The molecule has 3 amide bonds. The fraction of sp³-hybridized carbons (Fsp3) is 0.176. The Balaban J connectivity index is 1.80. The van der Waals surface area contributed by atoms with Crippen LogP contribution < -0.4 is 16.0 Å². The van der Waals surface area contributed by atoms with Crippen LogP contribution >= 0.6 is 0 Å². The van der Waals surface area contributed by atoms with E-state index in [1.54, 1.807) is 49.4 Å². The van der Waals surface area contributed by atoms with Gasteiger partial charge in [0.2, 0.25) is 5.91 Å². The summed E-state index contributed by atoms with van der Waals surface area (Å²) in [5.74, 6) is -0.772. The van der Waals surface area contributed by atoms with Gasteiger partial charge in [0.05, 0.1) is 0 Å². The summed E-state index contributed by atoms with van der Waals surface area (Å²) in [6.45, 7) is 1.62. The molecule has 0 spiro atoms. The molecule has 0 saturated heterocycles. The second-order valence-electron chi connectivity index (χ2n) is 5.00. The van der Waals surface area contributed by atoms with Gasteiger partial charge in [0.1, 0.15) is 11.9 Å². The van der Waals surface area contributed by atoms with Crippen LogP contribution in [0.1, 0.15) is 12.5 Å². The lowest BCUT2D eigenvalue weighted by Crippen LogP contribution is -2.46. The van der Waals surface area contributed by atoms with Gasteiger partial charge >= 0.3 is 6.03 Å². The third-order valence-electron chi connectivity index (χ3n) is 3.18. The number of hydrogen-bond donors (Lipinski definition) is 3. The second kappa shape index (κ2) is 7.93. The molecular weight excluding hydrogens is 297 g/mol. The number of para-hydroxylation sites is 1. The number of hydrogen-bond acceptors (Lipinski definition) is 2. The van der Waals surface area contributed by atoms with Crippen molar-refractivity contribution in [3.63, 3.8) is 0 Å². The van der Waals surface area contributed by atoms with E-state index < -0.39 is 18.0 Å². The SMILES string of the molecule is C[C@H](NC(=O)Nc1ccccc1)C(=O)NCc1ccccc1F. The van der Waals surface area contributed by atoms with E-state index in [2.05, 4.69) is 16.0 Å². The molecular formula is C17H18FN3O2. The molecule has 0 fully saturated rings. The molecule has 0 radical (unpaired) electrons. The molecule has 0 aliphatic rings. The van der Waals surface area contributed by atoms with Crippen LogP contribution in [0.5, 0.6) is 0 Å². The van der Waals surface area contributed by atoms with E-state index in [0.29, 0.717) is 11.3 Å². The highest BCUT2D eigenvalue weighted by atomic mass is 19.1. The number of carbonyl (C=O) groups excluding carboxylic acids is 2. The van der Waals surface area contributed by atoms with E-state index in [4.69, 9.17) is 0 Å². The van der Waals surface area contributed by atoms with Crippen molar-refractivity contribution in [2.75, 3.05) is 5.32 Å². The summed E-state index contributed by atoms with van der Waals surface area (Å²) in [5, 5.41) is 7.73. The Morgan fingerprint density at radius 2 is 1.70 bits per heavy atom. The van der Waals surface area contributed by atoms with E-state index in [1.165, 1.54) is 6.07 Å². The smallest absolute Gasteiger partial charge is 0.319 e. The number of amides is 3. The molecule has 0 aliphatic carbocycles. The fourth-order valence-electron chi connectivity index (χ4n) is 1.93. The first-order chi connectivity index (χ1) is 11.1. The summed E-state index contributed by atoms with van der Waals surface area (Å²) in [5.41, 5.74) is 1.02. The third-order valence-corrected chi connectivity index (χ3v) is 3.18. The molecule has 0 unspecified atom stereocenters. The predicted molar refractivity (Wildman–Crippen MR) is 86.3 cm³/mol. The zero-order chi connectivity index (χ0) is 16.7. The van der Waals surface area contributed by atoms with Crippen molar-refractivity contribution in [2.45, 2.75) is 19.5 Å². The lowest BCUT2D eigenvalue weighted by molar-refractivity contribution is -0.122. The maximum absolute atomic E-state index is 13.5. The number of halogens is 1. The standard InChI is InChI=1S/C17H18FN3O2/c1-12(20-17(23)21-14-8-3-2-4-9-14)16(22)19-11-13-7-5-6-10-15(13)18/h2-10,12H,11H2,1H3,(H,19,22)(H2,20,21,23)/t12-/m0/s1. The summed E-state index contributed by atoms with van der Waals surface area (Å²) in [6.07, 6.45) is 0. The van der Waals surface area contributed by atoms with E-state index in [1.807, 2.05) is 6.07 Å². The van der Waals surface area contributed by atoms with Gasteiger partial charge in [-0.1, -0.05) is 36.4 Å². The maximum atomic E-state index is 13.5. The van der Waals surface area contributed by atoms with E-state index in [0.717, 1.165) is 0 Å². The van der Waals surface area contributed by atoms with Crippen LogP contribution in [0.2, 0.25) is 0 Å². The Labute approximate surface area is 133 Å². The lowest BCUT2D eigenvalue weighted by Gasteiger charge is -2.15. The minimum Gasteiger partial charge on any atom is -0.350 e. The van der Waals surface area contributed by atoms with Gasteiger partial charge in [-0.25, -0.2) is 9.18 Å². The quantitative estimate of drug-likeness (QED) is 0.794. The Morgan fingerprint density at radius 1 is 1.04 bits per heavy atom. The zero-order valence-corrected chi connectivity index (χ0v) is 12.7. The summed E-state index contributed by atoms with van der Waals surface area (Å²) >= 11 is 0. The zero-order valence-electron chi connectivity index (χ0n) is 12.7. The molecule has 0 saturated carbocycles. The molecule has 23 heavy (non-hydrogen) atoms. The van der Waals surface area contributed by atoms with Crippen molar-refractivity contribution in [3.05, 3.63) is 66.0 Å². The molecule has 2 rings (SSSR count). The van der Waals surface area contributed by atoms with Crippen LogP contribution in [0.25, 0.3) is 0 Å². The molecule has 1 atom stereocenters. The monoisotopic (exact) mass is 315 g/mol. The van der Waals surface area contributed by atoms with Crippen LogP contribution in [0, 0.1) is 5.82 Å². The molecule has 5 nitrogen and oxygen atoms in total. The van der Waals surface area contributed by atoms with E-state index >= 15 is 0 Å². The summed E-state index contributed by atoms with van der Waals surface area (Å²) in [6, 6.07) is 13.9. The normalized spacial score (nSPS) is 11.4. The Bertz CT molecular complexity index is 677. The Morgan fingerprint density at radius 3 is 2.39 bits per heavy atom. The summed E-state index contributed by atoms with van der Waals surface area (Å²) in [7, 11) is 0. The fourth-order valence-corrected chi connectivity index (χ4v) is 1.93. The van der Waals surface area contributed by atoms with Gasteiger partial charge in [-0.05, 0) is 25.1 Å². The molecule has 6 heteroatoms. The van der Waals surface area contributed by atoms with Crippen LogP contribution in [0.15, 0.2) is 54.6 Å². The first-order valence-corrected chi connectivity index (χ1v) is 7.20. The first-order valence-electron chi connectivity index (χ1n) is 7.20. The van der Waals surface area contributed by atoms with E-state index in [9.17, 15) is 14.0 Å². The van der Waals surface area contributed by atoms with Gasteiger partial charge in [0, 0.05) is 17.8 Å². The average molecular weight is 315 g/mol. The van der Waals surface area contributed by atoms with Gasteiger partial charge in [-0.3, -0.25) is 4.79 Å². The molecule has 0 heterocycles. The van der Waals surface area contributed by atoms with Crippen LogP contribution in [0.3, 0.4) is 0 Å². The molecule has 2 aromatic rings. The van der Waals surface area contributed by atoms with Gasteiger partial charge in [-0.15, -0.1) is 0 Å². The molecule has 3 N–H and O–H groups in total. The number of carbonyl (C=O) groups is 2. The molecule has 120 valence electrons. The Kier molecular flexibility index (Phi) is 5.68. The first kappa shape index (κ1) is 16.5. The van der Waals surface area contributed by atoms with Crippen LogP contribution in [-0.2, 0) is 11.3 Å². The van der Waals surface area contributed by atoms with Crippen LogP contribution in [0.4, 0.5) is 14.9 Å². The van der Waals surface area contributed by atoms with Crippen molar-refractivity contribution in [1.82, 2.24) is 10.6 Å². The Hall–Kier alpha value is -2.89. The highest BCUT2D eigenvalue weighted by Crippen LogP contribution is 2.06. The molecule has 2 aromatic carbocycles. The van der Waals surface area contributed by atoms with Crippen molar-refractivity contribution in [1.29, 1.82) is 0 Å². The minimum atomic E-state index is -0.745. The molecule has 0 aromatic heterocycles. The predicted octanol–water partition coefficient (Wildman–Crippen LogP) is 2.65. The highest BCUT2D eigenvalue weighted by Gasteiger charge is 2.15. The second-order valence-corrected chi connectivity index (χ2v) is 5.00. The number of rotatable bonds is 5. The van der Waals surface area contributed by atoms with Crippen molar-refractivity contribution >= 4 is 17.6 Å². The van der Waals surface area contributed by atoms with Gasteiger partial charge in [-0.2, -0.15) is 0 Å². The minimum absolute atomic E-state index is 0.0673. The number of benzene rings is 2. The van der Waals surface area contributed by atoms with Gasteiger partial charge in [0.15, 0.2) is 0 Å². The van der Waals surface area contributed by atoms with Crippen molar-refractivity contribution in [3.8, 4) is 0 Å². The summed E-state index contributed by atoms with van der Waals surface area (Å²) in [4.78, 5) is 23.7. The topological polar surface area (TPSA) is 70.2 Å². The van der Waals surface area contributed by atoms with Gasteiger partial charge in [0.25, 0.3) is 0 Å². The van der Waals surface area contributed by atoms with Crippen LogP contribution in [-0.4, -0.2) is 18.0 Å². The largest absolute Gasteiger partial charge is 0.350 e. The average Bonchev–Trinajstić information content (AvgIpc) is 2.54. The van der Waals surface area contributed by atoms with Crippen molar-refractivity contribution in [2.24, 2.45) is 0 Å². The highest BCUT2D eigenvalue weighted by molar-refractivity contribution is 5.93. The van der Waals surface area contributed by atoms with Gasteiger partial charge < -0.3 is 16.0 Å². The van der Waals surface area contributed by atoms with Crippen molar-refractivity contribution < 1.29 is 14.0 Å². The van der Waals surface area contributed by atoms with E-state index in [-0.39, 0.29) is 12.4 Å². The summed E-state index contributed by atoms with van der Waals surface area (Å²) < 4.78 is 13.5.